The fraction of sp³-hybridized carbons (Fsp3) is 0.265. The summed E-state index contributed by atoms with van der Waals surface area (Å²) < 4.78 is 5.86. The van der Waals surface area contributed by atoms with Crippen molar-refractivity contribution < 1.29 is 19.4 Å². The van der Waals surface area contributed by atoms with Crippen molar-refractivity contribution in [3.8, 4) is 28.3 Å². The topological polar surface area (TPSA) is 114 Å². The average molecular weight is 595 g/mol. The molecule has 43 heavy (non-hydrogen) atoms. The predicted molar refractivity (Wildman–Crippen MR) is 169 cm³/mol. The summed E-state index contributed by atoms with van der Waals surface area (Å²) in [5.74, 6) is -0.100. The van der Waals surface area contributed by atoms with E-state index in [0.29, 0.717) is 10.7 Å². The maximum atomic E-state index is 12.8. The summed E-state index contributed by atoms with van der Waals surface area (Å²) in [5.41, 5.74) is 3.49. The van der Waals surface area contributed by atoms with E-state index in [-0.39, 0.29) is 6.42 Å². The van der Waals surface area contributed by atoms with Gasteiger partial charge in [-0.25, -0.2) is 19.7 Å². The smallest absolute Gasteiger partial charge is 0.326 e. The molecule has 2 aromatic carbocycles. The van der Waals surface area contributed by atoms with E-state index < -0.39 is 17.9 Å². The number of fused-ring (bicyclic) bond motifs is 1. The van der Waals surface area contributed by atoms with Gasteiger partial charge in [-0.1, -0.05) is 75.1 Å². The highest BCUT2D eigenvalue weighted by atomic mass is 32.1. The molecule has 0 bridgehead atoms. The van der Waals surface area contributed by atoms with Gasteiger partial charge in [0, 0.05) is 41.5 Å². The number of nitrogens with zero attached hydrogens (tertiary/aromatic N) is 3. The van der Waals surface area contributed by atoms with Crippen molar-refractivity contribution in [3.05, 3.63) is 95.8 Å². The minimum absolute atomic E-state index is 0.142. The van der Waals surface area contributed by atoms with Crippen molar-refractivity contribution >= 4 is 33.4 Å². The normalized spacial score (nSPS) is 11.7. The largest absolute Gasteiger partial charge is 0.494 e. The lowest BCUT2D eigenvalue weighted by molar-refractivity contribution is -0.139. The lowest BCUT2D eigenvalue weighted by Gasteiger charge is -2.14. The van der Waals surface area contributed by atoms with E-state index in [2.05, 4.69) is 27.2 Å². The standard InChI is InChI=1S/C34H34N4O4S/c1-2-3-4-5-6-18-42-28-15-13-24(14-16-28)27-21-36-31(37-22-27)25-11-9-23(10-12-25)19-29(34(40)41)38-32(39)30-20-26-8-7-17-35-33(26)43-30/h7-17,20-22,29H,2-6,18-19H2,1H3,(H,38,39)(H,40,41)/t29-/m0/s1. The van der Waals surface area contributed by atoms with Gasteiger partial charge < -0.3 is 15.2 Å². The number of rotatable bonds is 14. The summed E-state index contributed by atoms with van der Waals surface area (Å²) >= 11 is 1.23. The first-order valence-electron chi connectivity index (χ1n) is 14.5. The zero-order valence-electron chi connectivity index (χ0n) is 24.0. The van der Waals surface area contributed by atoms with Gasteiger partial charge in [0.2, 0.25) is 0 Å². The molecule has 0 aliphatic heterocycles. The minimum Gasteiger partial charge on any atom is -0.494 e. The van der Waals surface area contributed by atoms with Gasteiger partial charge in [0.05, 0.1) is 11.5 Å². The Labute approximate surface area is 254 Å². The third kappa shape index (κ3) is 8.02. The number of amides is 1. The summed E-state index contributed by atoms with van der Waals surface area (Å²) in [6, 6.07) is 19.7. The molecule has 8 nitrogen and oxygen atoms in total. The van der Waals surface area contributed by atoms with Crippen LogP contribution in [0.25, 0.3) is 32.7 Å². The number of aromatic nitrogens is 3. The monoisotopic (exact) mass is 594 g/mol. The molecule has 3 aromatic heterocycles. The van der Waals surface area contributed by atoms with Crippen LogP contribution >= 0.6 is 11.3 Å². The Morgan fingerprint density at radius 3 is 2.30 bits per heavy atom. The van der Waals surface area contributed by atoms with Gasteiger partial charge in [-0.3, -0.25) is 4.79 Å². The zero-order chi connectivity index (χ0) is 30.0. The van der Waals surface area contributed by atoms with E-state index in [9.17, 15) is 14.7 Å². The van der Waals surface area contributed by atoms with E-state index in [1.165, 1.54) is 37.0 Å². The number of pyridine rings is 1. The number of nitrogens with one attached hydrogen (secondary N) is 1. The van der Waals surface area contributed by atoms with Gasteiger partial charge in [-0.15, -0.1) is 11.3 Å². The van der Waals surface area contributed by atoms with E-state index in [1.807, 2.05) is 54.6 Å². The number of hydrogen-bond donors (Lipinski definition) is 2. The highest BCUT2D eigenvalue weighted by Crippen LogP contribution is 2.25. The van der Waals surface area contributed by atoms with Crippen molar-refractivity contribution in [2.75, 3.05) is 6.61 Å². The number of carboxylic acid groups (broad SMARTS) is 1. The Morgan fingerprint density at radius 2 is 1.60 bits per heavy atom. The molecule has 0 aliphatic carbocycles. The van der Waals surface area contributed by atoms with Crippen LogP contribution in [0.1, 0.15) is 54.3 Å². The minimum atomic E-state index is -1.10. The van der Waals surface area contributed by atoms with Crippen molar-refractivity contribution in [2.45, 2.75) is 51.5 Å². The number of thiophene rings is 1. The number of hydrogen-bond acceptors (Lipinski definition) is 7. The molecule has 5 aromatic rings. The second-order valence-electron chi connectivity index (χ2n) is 10.4. The van der Waals surface area contributed by atoms with E-state index in [1.54, 1.807) is 30.7 Å². The summed E-state index contributed by atoms with van der Waals surface area (Å²) in [6.45, 7) is 2.95. The Morgan fingerprint density at radius 1 is 0.884 bits per heavy atom. The zero-order valence-corrected chi connectivity index (χ0v) is 24.8. The lowest BCUT2D eigenvalue weighted by Crippen LogP contribution is -2.42. The molecule has 3 heterocycles. The third-order valence-electron chi connectivity index (χ3n) is 7.13. The van der Waals surface area contributed by atoms with Gasteiger partial charge in [-0.2, -0.15) is 0 Å². The fourth-order valence-electron chi connectivity index (χ4n) is 4.71. The lowest BCUT2D eigenvalue weighted by atomic mass is 10.0. The van der Waals surface area contributed by atoms with Gasteiger partial charge in [0.25, 0.3) is 5.91 Å². The number of carbonyl (C=O) groups excluding carboxylic acids is 1. The second-order valence-corrected chi connectivity index (χ2v) is 11.4. The second kappa shape index (κ2) is 14.5. The summed E-state index contributed by atoms with van der Waals surface area (Å²) in [6.07, 6.45) is 11.4. The molecule has 5 rings (SSSR count). The summed E-state index contributed by atoms with van der Waals surface area (Å²) in [7, 11) is 0. The van der Waals surface area contributed by atoms with Crippen LogP contribution in [0.3, 0.4) is 0 Å². The SMILES string of the molecule is CCCCCCCOc1ccc(-c2cnc(-c3ccc(C[C@H](NC(=O)c4cc5cccnc5s4)C(=O)O)cc3)nc2)cc1. The average Bonchev–Trinajstić information content (AvgIpc) is 3.48. The maximum Gasteiger partial charge on any atom is 0.326 e. The van der Waals surface area contributed by atoms with Crippen molar-refractivity contribution in [1.29, 1.82) is 0 Å². The molecule has 1 atom stereocenters. The highest BCUT2D eigenvalue weighted by molar-refractivity contribution is 7.20. The quantitative estimate of drug-likeness (QED) is 0.131. The van der Waals surface area contributed by atoms with E-state index in [0.717, 1.165) is 51.2 Å². The number of ether oxygens (including phenoxy) is 1. The number of aliphatic carboxylic acids is 1. The van der Waals surface area contributed by atoms with Crippen LogP contribution in [0.15, 0.2) is 85.3 Å². The van der Waals surface area contributed by atoms with Gasteiger partial charge in [0.1, 0.15) is 16.6 Å². The number of benzene rings is 2. The molecule has 2 N–H and O–H groups in total. The van der Waals surface area contributed by atoms with E-state index >= 15 is 0 Å². The number of unbranched alkanes of at least 4 members (excludes halogenated alkanes) is 4. The fourth-order valence-corrected chi connectivity index (χ4v) is 5.61. The van der Waals surface area contributed by atoms with Gasteiger partial charge >= 0.3 is 5.97 Å². The van der Waals surface area contributed by atoms with Crippen LogP contribution in [0.4, 0.5) is 0 Å². The molecular formula is C34H34N4O4S. The molecule has 0 saturated heterocycles. The van der Waals surface area contributed by atoms with E-state index in [4.69, 9.17) is 4.74 Å². The van der Waals surface area contributed by atoms with Crippen LogP contribution < -0.4 is 10.1 Å². The van der Waals surface area contributed by atoms with Crippen LogP contribution in [-0.2, 0) is 11.2 Å². The Kier molecular flexibility index (Phi) is 10.1. The van der Waals surface area contributed by atoms with Crippen LogP contribution in [0.2, 0.25) is 0 Å². The van der Waals surface area contributed by atoms with Crippen molar-refractivity contribution in [2.24, 2.45) is 0 Å². The molecule has 0 fully saturated rings. The predicted octanol–water partition coefficient (Wildman–Crippen LogP) is 7.20. The molecule has 0 unspecified atom stereocenters. The third-order valence-corrected chi connectivity index (χ3v) is 8.19. The first-order valence-corrected chi connectivity index (χ1v) is 15.3. The molecular weight excluding hydrogens is 560 g/mol. The molecule has 9 heteroatoms. The first kappa shape index (κ1) is 29.8. The molecule has 0 spiro atoms. The van der Waals surface area contributed by atoms with Crippen LogP contribution in [0.5, 0.6) is 5.75 Å². The number of carboxylic acids is 1. The van der Waals surface area contributed by atoms with Crippen molar-refractivity contribution in [3.63, 3.8) is 0 Å². The summed E-state index contributed by atoms with van der Waals surface area (Å²) in [5, 5.41) is 13.3. The summed E-state index contributed by atoms with van der Waals surface area (Å²) in [4.78, 5) is 39.2. The maximum absolute atomic E-state index is 12.8. The number of carbonyl (C=O) groups is 2. The van der Waals surface area contributed by atoms with Crippen LogP contribution in [0, 0.1) is 0 Å². The Bertz CT molecular complexity index is 1620. The highest BCUT2D eigenvalue weighted by Gasteiger charge is 2.22. The molecule has 0 aliphatic rings. The Balaban J connectivity index is 1.16. The van der Waals surface area contributed by atoms with Gasteiger partial charge in [-0.05, 0) is 41.8 Å². The molecule has 220 valence electrons. The molecule has 1 amide bonds. The van der Waals surface area contributed by atoms with Crippen LogP contribution in [-0.4, -0.2) is 44.6 Å². The Hall–Kier alpha value is -4.63. The van der Waals surface area contributed by atoms with Crippen molar-refractivity contribution in [1.82, 2.24) is 20.3 Å². The first-order chi connectivity index (χ1) is 21.0. The molecule has 0 radical (unpaired) electrons. The molecule has 0 saturated carbocycles. The van der Waals surface area contributed by atoms with Gasteiger partial charge in [0.15, 0.2) is 5.82 Å².